The van der Waals surface area contributed by atoms with Crippen molar-refractivity contribution in [2.24, 2.45) is 0 Å². The van der Waals surface area contributed by atoms with E-state index in [1.807, 2.05) is 6.92 Å². The number of piperidine rings is 1. The lowest BCUT2D eigenvalue weighted by Crippen LogP contribution is -2.39. The van der Waals surface area contributed by atoms with Gasteiger partial charge in [-0.25, -0.2) is 9.59 Å². The summed E-state index contributed by atoms with van der Waals surface area (Å²) < 4.78 is 5.39. The van der Waals surface area contributed by atoms with E-state index in [4.69, 9.17) is 24.3 Å². The largest absolute Gasteiger partial charge is 0.473 e. The number of aromatic nitrogens is 1. The Bertz CT molecular complexity index is 501. The van der Waals surface area contributed by atoms with Gasteiger partial charge in [0.2, 0.25) is 0 Å². The third kappa shape index (κ3) is 3.60. The van der Waals surface area contributed by atoms with Crippen molar-refractivity contribution in [3.8, 4) is 0 Å². The Kier molecular flexibility index (Phi) is 4.62. The van der Waals surface area contributed by atoms with Crippen LogP contribution in [0.25, 0.3) is 0 Å². The van der Waals surface area contributed by atoms with Gasteiger partial charge in [0.05, 0.1) is 5.69 Å². The van der Waals surface area contributed by atoms with Crippen molar-refractivity contribution in [3.63, 3.8) is 0 Å². The van der Waals surface area contributed by atoms with Crippen LogP contribution in [0.3, 0.4) is 0 Å². The number of hydrogen-bond donors (Lipinski definition) is 2. The molecule has 2 saturated heterocycles. The highest BCUT2D eigenvalue weighted by molar-refractivity contribution is 6.27. The summed E-state index contributed by atoms with van der Waals surface area (Å²) in [6, 6.07) is 3.66. The average molecular weight is 296 g/mol. The Morgan fingerprint density at radius 3 is 2.14 bits per heavy atom. The first kappa shape index (κ1) is 15.5. The van der Waals surface area contributed by atoms with Crippen molar-refractivity contribution in [2.45, 2.75) is 50.6 Å². The molecule has 2 unspecified atom stereocenters. The molecule has 7 heteroatoms. The van der Waals surface area contributed by atoms with E-state index in [1.54, 1.807) is 0 Å². The molecule has 0 spiro atoms. The van der Waals surface area contributed by atoms with Gasteiger partial charge < -0.3 is 19.6 Å². The highest BCUT2D eigenvalue weighted by Crippen LogP contribution is 2.42. The second-order valence-corrected chi connectivity index (χ2v) is 5.70. The molecule has 0 radical (unpaired) electrons. The Labute approximate surface area is 122 Å². The first-order valence-electron chi connectivity index (χ1n) is 6.99. The van der Waals surface area contributed by atoms with Crippen molar-refractivity contribution in [2.75, 3.05) is 7.05 Å². The molecule has 1 aromatic rings. The zero-order valence-corrected chi connectivity index (χ0v) is 12.2. The molecule has 3 rings (SSSR count). The summed E-state index contributed by atoms with van der Waals surface area (Å²) in [6.45, 7) is 2.00. The molecule has 1 aromatic heterocycles. The van der Waals surface area contributed by atoms with Gasteiger partial charge >= 0.3 is 11.9 Å². The monoisotopic (exact) mass is 296 g/mol. The quantitative estimate of drug-likeness (QED) is 0.756. The van der Waals surface area contributed by atoms with E-state index in [9.17, 15) is 0 Å². The van der Waals surface area contributed by atoms with E-state index in [0.717, 1.165) is 23.5 Å². The van der Waals surface area contributed by atoms with Crippen LogP contribution in [0.2, 0.25) is 0 Å². The van der Waals surface area contributed by atoms with Gasteiger partial charge in [0.25, 0.3) is 0 Å². The lowest BCUT2D eigenvalue weighted by molar-refractivity contribution is -0.159. The van der Waals surface area contributed by atoms with Crippen LogP contribution in [0.15, 0.2) is 10.6 Å². The van der Waals surface area contributed by atoms with Gasteiger partial charge in [-0.15, -0.1) is 0 Å². The van der Waals surface area contributed by atoms with E-state index in [0.29, 0.717) is 5.92 Å². The number of carboxylic acid groups (broad SMARTS) is 2. The van der Waals surface area contributed by atoms with Crippen molar-refractivity contribution < 1.29 is 24.3 Å². The Morgan fingerprint density at radius 2 is 1.76 bits per heavy atom. The van der Waals surface area contributed by atoms with Gasteiger partial charge in [0, 0.05) is 24.1 Å². The minimum atomic E-state index is -1.82. The Morgan fingerprint density at radius 1 is 1.24 bits per heavy atom. The zero-order chi connectivity index (χ0) is 15.6. The van der Waals surface area contributed by atoms with Gasteiger partial charge in [-0.3, -0.25) is 0 Å². The molecule has 2 aliphatic heterocycles. The van der Waals surface area contributed by atoms with E-state index in [-0.39, 0.29) is 0 Å². The van der Waals surface area contributed by atoms with Crippen LogP contribution in [0, 0.1) is 6.92 Å². The first-order valence-corrected chi connectivity index (χ1v) is 6.99. The highest BCUT2D eigenvalue weighted by Gasteiger charge is 2.39. The lowest BCUT2D eigenvalue weighted by Gasteiger charge is -2.35. The number of fused-ring (bicyclic) bond motifs is 2. The summed E-state index contributed by atoms with van der Waals surface area (Å²) in [5.41, 5.74) is 1.01. The predicted molar refractivity (Wildman–Crippen MR) is 73.1 cm³/mol. The third-order valence-corrected chi connectivity index (χ3v) is 4.33. The molecular weight excluding hydrogens is 276 g/mol. The number of carboxylic acids is 2. The molecule has 0 amide bonds. The molecule has 2 fully saturated rings. The molecule has 2 atom stereocenters. The fourth-order valence-corrected chi connectivity index (χ4v) is 3.22. The molecule has 2 aliphatic rings. The van der Waals surface area contributed by atoms with Crippen LogP contribution >= 0.6 is 0 Å². The summed E-state index contributed by atoms with van der Waals surface area (Å²) in [5, 5.41) is 18.8. The van der Waals surface area contributed by atoms with Crippen LogP contribution in [-0.4, -0.2) is 51.3 Å². The van der Waals surface area contributed by atoms with Crippen LogP contribution in [0.5, 0.6) is 0 Å². The maximum absolute atomic E-state index is 9.10. The summed E-state index contributed by atoms with van der Waals surface area (Å²) >= 11 is 0. The molecule has 0 aliphatic carbocycles. The van der Waals surface area contributed by atoms with E-state index in [1.165, 1.54) is 25.7 Å². The van der Waals surface area contributed by atoms with E-state index in [2.05, 4.69) is 23.2 Å². The molecule has 3 heterocycles. The second kappa shape index (κ2) is 6.26. The summed E-state index contributed by atoms with van der Waals surface area (Å²) in [6.07, 6.45) is 5.23. The minimum Gasteiger partial charge on any atom is -0.473 e. The minimum absolute atomic E-state index is 0.611. The van der Waals surface area contributed by atoms with Crippen molar-refractivity contribution in [3.05, 3.63) is 17.5 Å². The molecule has 2 N–H and O–H groups in total. The standard InChI is InChI=1S/C12H18N2O.C2H2O4/c1-8-5-12(15-13-8)9-6-10-3-4-11(7-9)14(10)2;3-1(4)2(5)6/h5,9-11H,3-4,6-7H2,1-2H3;(H,3,4)(H,5,6). The average Bonchev–Trinajstić information content (AvgIpc) is 2.91. The molecule has 7 nitrogen and oxygen atoms in total. The topological polar surface area (TPSA) is 104 Å². The Hall–Kier alpha value is -1.89. The SMILES string of the molecule is Cc1cc(C2CC3CCC(C2)N3C)on1.O=C(O)C(=O)O. The second-order valence-electron chi connectivity index (χ2n) is 5.70. The maximum Gasteiger partial charge on any atom is 0.414 e. The number of aryl methyl sites for hydroxylation is 1. The third-order valence-electron chi connectivity index (χ3n) is 4.33. The number of nitrogens with zero attached hydrogens (tertiary/aromatic N) is 2. The summed E-state index contributed by atoms with van der Waals surface area (Å²) in [7, 11) is 2.27. The van der Waals surface area contributed by atoms with E-state index >= 15 is 0 Å². The lowest BCUT2D eigenvalue weighted by atomic mass is 9.89. The molecule has 0 aromatic carbocycles. The van der Waals surface area contributed by atoms with Crippen molar-refractivity contribution in [1.82, 2.24) is 10.1 Å². The highest BCUT2D eigenvalue weighted by atomic mass is 16.5. The van der Waals surface area contributed by atoms with Crippen LogP contribution in [-0.2, 0) is 9.59 Å². The van der Waals surface area contributed by atoms with Gasteiger partial charge in [-0.1, -0.05) is 5.16 Å². The fourth-order valence-electron chi connectivity index (χ4n) is 3.22. The van der Waals surface area contributed by atoms with Gasteiger partial charge in [0.15, 0.2) is 0 Å². The zero-order valence-electron chi connectivity index (χ0n) is 12.2. The van der Waals surface area contributed by atoms with Crippen LogP contribution in [0.4, 0.5) is 0 Å². The Balaban J connectivity index is 0.000000232. The maximum atomic E-state index is 9.10. The van der Waals surface area contributed by atoms with Crippen LogP contribution in [0.1, 0.15) is 43.1 Å². The summed E-state index contributed by atoms with van der Waals surface area (Å²) in [4.78, 5) is 20.8. The molecule has 0 saturated carbocycles. The van der Waals surface area contributed by atoms with Gasteiger partial charge in [0.1, 0.15) is 5.76 Å². The predicted octanol–water partition coefficient (Wildman–Crippen LogP) is 1.48. The van der Waals surface area contributed by atoms with Gasteiger partial charge in [-0.2, -0.15) is 0 Å². The molecule has 21 heavy (non-hydrogen) atoms. The normalized spacial score (nSPS) is 27.8. The van der Waals surface area contributed by atoms with Crippen molar-refractivity contribution in [1.29, 1.82) is 0 Å². The molecular formula is C14H20N2O5. The smallest absolute Gasteiger partial charge is 0.414 e. The van der Waals surface area contributed by atoms with Crippen molar-refractivity contribution >= 4 is 11.9 Å². The van der Waals surface area contributed by atoms with Gasteiger partial charge in [-0.05, 0) is 39.7 Å². The molecule has 116 valence electrons. The summed E-state index contributed by atoms with van der Waals surface area (Å²) in [5.74, 6) is -1.93. The molecule has 2 bridgehead atoms. The number of hydrogen-bond acceptors (Lipinski definition) is 5. The fraction of sp³-hybridized carbons (Fsp3) is 0.643. The first-order chi connectivity index (χ1) is 9.88. The number of carbonyl (C=O) groups is 2. The van der Waals surface area contributed by atoms with Crippen LogP contribution < -0.4 is 0 Å². The van der Waals surface area contributed by atoms with E-state index < -0.39 is 11.9 Å². The number of aliphatic carboxylic acids is 2. The number of rotatable bonds is 1.